The van der Waals surface area contributed by atoms with Crippen LogP contribution in [0.15, 0.2) is 46.2 Å². The molecule has 23 heavy (non-hydrogen) atoms. The summed E-state index contributed by atoms with van der Waals surface area (Å²) in [5.74, 6) is -0.823. The molecule has 2 aliphatic heterocycles. The molecule has 0 saturated carbocycles. The summed E-state index contributed by atoms with van der Waals surface area (Å²) in [5, 5.41) is 19.4. The predicted molar refractivity (Wildman–Crippen MR) is 88.1 cm³/mol. The minimum Gasteiger partial charge on any atom is -0.393 e. The predicted octanol–water partition coefficient (Wildman–Crippen LogP) is 2.75. The molecule has 0 aromatic heterocycles. The summed E-state index contributed by atoms with van der Waals surface area (Å²) >= 11 is 0. The lowest BCUT2D eigenvalue weighted by Gasteiger charge is -2.22. The fourth-order valence-electron chi connectivity index (χ4n) is 2.56. The third-order valence-electron chi connectivity index (χ3n) is 3.91. The maximum atomic E-state index is 13.2. The Bertz CT molecular complexity index is 644. The molecule has 3 N–H and O–H groups in total. The molecular weight excluding hydrogens is 297 g/mol. The van der Waals surface area contributed by atoms with Gasteiger partial charge in [0.1, 0.15) is 5.70 Å². The van der Waals surface area contributed by atoms with Gasteiger partial charge in [0.25, 0.3) is 0 Å². The summed E-state index contributed by atoms with van der Waals surface area (Å²) in [5.41, 5.74) is 3.67. The van der Waals surface area contributed by atoms with E-state index in [1.54, 1.807) is 13.1 Å². The Morgan fingerprint density at radius 2 is 2.48 bits per heavy atom. The number of aliphatic imine (C=N–C) groups is 1. The van der Waals surface area contributed by atoms with Crippen LogP contribution in [0.25, 0.3) is 0 Å². The SMILES string of the molecule is C=C(C=NC1=C(C)C=C=C(F)NC1=N)C[C@H]1CC[C@@](C)(CO)O1. The Morgan fingerprint density at radius 1 is 1.74 bits per heavy atom. The second-order valence-electron chi connectivity index (χ2n) is 6.14. The first kappa shape index (κ1) is 17.3. The largest absolute Gasteiger partial charge is 0.393 e. The zero-order chi connectivity index (χ0) is 17.0. The van der Waals surface area contributed by atoms with Crippen LogP contribution in [-0.2, 0) is 4.74 Å². The number of allylic oxidation sites excluding steroid dienone is 2. The lowest BCUT2D eigenvalue weighted by molar-refractivity contribution is -0.0595. The van der Waals surface area contributed by atoms with Crippen LogP contribution in [0.4, 0.5) is 4.39 Å². The Hall–Kier alpha value is -2.01. The number of hydrogen-bond donors (Lipinski definition) is 3. The first-order chi connectivity index (χ1) is 10.8. The molecule has 0 unspecified atom stereocenters. The van der Waals surface area contributed by atoms with E-state index in [1.165, 1.54) is 6.08 Å². The van der Waals surface area contributed by atoms with Crippen molar-refractivity contribution in [3.05, 3.63) is 41.2 Å². The van der Waals surface area contributed by atoms with Gasteiger partial charge >= 0.3 is 0 Å². The standard InChI is InChI=1S/C17H22FN3O2/c1-11(8-13-6-7-17(3,10-22)23-13)9-20-15-12(2)4-5-14(18)21-16(15)19/h4,9,13,22H,1,6-8,10H2,2-3H3,(H2,19,21)/t13-,17+/m1/s1. The highest BCUT2D eigenvalue weighted by molar-refractivity contribution is 5.99. The van der Waals surface area contributed by atoms with Crippen LogP contribution in [0, 0.1) is 5.41 Å². The van der Waals surface area contributed by atoms with Gasteiger partial charge in [-0.3, -0.25) is 10.4 Å². The van der Waals surface area contributed by atoms with E-state index >= 15 is 0 Å². The second kappa shape index (κ2) is 7.04. The molecule has 0 amide bonds. The molecule has 2 rings (SSSR count). The molecular formula is C17H22FN3O2. The van der Waals surface area contributed by atoms with Gasteiger partial charge in [0.15, 0.2) is 5.84 Å². The maximum absolute atomic E-state index is 13.2. The van der Waals surface area contributed by atoms with E-state index in [4.69, 9.17) is 10.1 Å². The highest BCUT2D eigenvalue weighted by Gasteiger charge is 2.35. The van der Waals surface area contributed by atoms with E-state index < -0.39 is 11.6 Å². The van der Waals surface area contributed by atoms with Crippen LogP contribution in [0.2, 0.25) is 0 Å². The van der Waals surface area contributed by atoms with Gasteiger partial charge in [-0.15, -0.1) is 0 Å². The number of hydrogen-bond acceptors (Lipinski definition) is 4. The van der Waals surface area contributed by atoms with Crippen molar-refractivity contribution >= 4 is 12.1 Å². The molecule has 1 saturated heterocycles. The van der Waals surface area contributed by atoms with Gasteiger partial charge in [-0.1, -0.05) is 12.3 Å². The van der Waals surface area contributed by atoms with E-state index in [2.05, 4.69) is 22.6 Å². The number of rotatable bonds is 5. The molecule has 0 aromatic rings. The molecule has 0 aromatic carbocycles. The van der Waals surface area contributed by atoms with Gasteiger partial charge in [0, 0.05) is 6.21 Å². The number of amidine groups is 1. The Morgan fingerprint density at radius 3 is 3.13 bits per heavy atom. The molecule has 124 valence electrons. The van der Waals surface area contributed by atoms with E-state index in [0.29, 0.717) is 17.7 Å². The summed E-state index contributed by atoms with van der Waals surface area (Å²) in [6.45, 7) is 7.59. The molecule has 6 heteroatoms. The van der Waals surface area contributed by atoms with Crippen LogP contribution < -0.4 is 5.32 Å². The molecule has 0 radical (unpaired) electrons. The number of nitrogens with zero attached hydrogens (tertiary/aromatic N) is 1. The first-order valence-electron chi connectivity index (χ1n) is 7.52. The van der Waals surface area contributed by atoms with Gasteiger partial charge in [0.05, 0.1) is 18.3 Å². The molecule has 0 spiro atoms. The van der Waals surface area contributed by atoms with E-state index in [0.717, 1.165) is 18.4 Å². The number of aliphatic hydroxyl groups is 1. The third-order valence-corrected chi connectivity index (χ3v) is 3.91. The molecule has 0 bridgehead atoms. The van der Waals surface area contributed by atoms with Crippen LogP contribution in [0.1, 0.15) is 33.1 Å². The van der Waals surface area contributed by atoms with Crippen molar-refractivity contribution in [1.29, 1.82) is 5.41 Å². The summed E-state index contributed by atoms with van der Waals surface area (Å²) in [6.07, 6.45) is 5.31. The summed E-state index contributed by atoms with van der Waals surface area (Å²) in [7, 11) is 0. The summed E-state index contributed by atoms with van der Waals surface area (Å²) < 4.78 is 19.0. The highest BCUT2D eigenvalue weighted by atomic mass is 19.1. The second-order valence-corrected chi connectivity index (χ2v) is 6.14. The molecule has 2 atom stereocenters. The number of ether oxygens (including phenoxy) is 1. The Balaban J connectivity index is 1.99. The first-order valence-corrected chi connectivity index (χ1v) is 7.52. The van der Waals surface area contributed by atoms with Crippen molar-refractivity contribution in [3.63, 3.8) is 0 Å². The summed E-state index contributed by atoms with van der Waals surface area (Å²) in [4.78, 5) is 4.25. The topological polar surface area (TPSA) is 77.7 Å². The zero-order valence-electron chi connectivity index (χ0n) is 13.4. The van der Waals surface area contributed by atoms with Crippen molar-refractivity contribution in [3.8, 4) is 0 Å². The van der Waals surface area contributed by atoms with Crippen LogP contribution in [-0.4, -0.2) is 35.5 Å². The Labute approximate surface area is 135 Å². The van der Waals surface area contributed by atoms with Crippen molar-refractivity contribution in [2.24, 2.45) is 4.99 Å². The van der Waals surface area contributed by atoms with Gasteiger partial charge in [0.2, 0.25) is 5.95 Å². The zero-order valence-corrected chi connectivity index (χ0v) is 13.4. The van der Waals surface area contributed by atoms with Gasteiger partial charge in [-0.05, 0) is 50.3 Å². The normalized spacial score (nSPS) is 28.1. The number of nitrogens with one attached hydrogen (secondary N) is 2. The average molecular weight is 319 g/mol. The van der Waals surface area contributed by atoms with Crippen molar-refractivity contribution < 1.29 is 14.2 Å². The maximum Gasteiger partial charge on any atom is 0.236 e. The van der Waals surface area contributed by atoms with Gasteiger partial charge < -0.3 is 15.2 Å². The van der Waals surface area contributed by atoms with E-state index in [9.17, 15) is 9.50 Å². The monoisotopic (exact) mass is 319 g/mol. The number of aliphatic hydroxyl groups excluding tert-OH is 1. The lowest BCUT2D eigenvalue weighted by Crippen LogP contribution is -2.29. The van der Waals surface area contributed by atoms with Crippen molar-refractivity contribution in [2.75, 3.05) is 6.61 Å². The van der Waals surface area contributed by atoms with Crippen molar-refractivity contribution in [2.45, 2.75) is 44.8 Å². The smallest absolute Gasteiger partial charge is 0.236 e. The molecule has 0 aliphatic carbocycles. The molecule has 2 heterocycles. The molecule has 2 aliphatic rings. The van der Waals surface area contributed by atoms with Crippen LogP contribution in [0.5, 0.6) is 0 Å². The molecule has 5 nitrogen and oxygen atoms in total. The van der Waals surface area contributed by atoms with E-state index in [-0.39, 0.29) is 18.5 Å². The van der Waals surface area contributed by atoms with Crippen LogP contribution >= 0.6 is 0 Å². The van der Waals surface area contributed by atoms with Crippen LogP contribution in [0.3, 0.4) is 0 Å². The minimum atomic E-state index is -0.707. The molecule has 1 fully saturated rings. The third kappa shape index (κ3) is 4.48. The Kier molecular flexibility index (Phi) is 5.31. The summed E-state index contributed by atoms with van der Waals surface area (Å²) in [6, 6.07) is 0. The van der Waals surface area contributed by atoms with Gasteiger partial charge in [-0.2, -0.15) is 4.39 Å². The highest BCUT2D eigenvalue weighted by Crippen LogP contribution is 2.32. The average Bonchev–Trinajstić information content (AvgIpc) is 2.81. The fraction of sp³-hybridized carbons (Fsp3) is 0.471. The minimum absolute atomic E-state index is 0.00385. The lowest BCUT2D eigenvalue weighted by atomic mass is 10.0. The number of halogens is 1. The van der Waals surface area contributed by atoms with Gasteiger partial charge in [-0.25, -0.2) is 0 Å². The van der Waals surface area contributed by atoms with Crippen molar-refractivity contribution in [1.82, 2.24) is 5.32 Å². The quantitative estimate of drug-likeness (QED) is 0.414. The fourth-order valence-corrected chi connectivity index (χ4v) is 2.56. The van der Waals surface area contributed by atoms with E-state index in [1.807, 2.05) is 6.92 Å².